The van der Waals surface area contributed by atoms with Gasteiger partial charge in [0, 0.05) is 32.3 Å². The molecule has 264 valence electrons. The van der Waals surface area contributed by atoms with E-state index in [1.54, 1.807) is 40.7 Å². The van der Waals surface area contributed by atoms with Gasteiger partial charge in [0.05, 0.1) is 33.7 Å². The minimum Gasteiger partial charge on any atom is -0.443 e. The van der Waals surface area contributed by atoms with Crippen LogP contribution >= 0.6 is 11.6 Å². The molecule has 0 saturated heterocycles. The van der Waals surface area contributed by atoms with Crippen LogP contribution in [0, 0.1) is 11.6 Å². The first-order valence-corrected chi connectivity index (χ1v) is 17.5. The van der Waals surface area contributed by atoms with Crippen LogP contribution in [0.1, 0.15) is 61.8 Å². The molecule has 2 heterocycles. The lowest BCUT2D eigenvalue weighted by Gasteiger charge is -2.46. The van der Waals surface area contributed by atoms with Crippen LogP contribution in [0.4, 0.5) is 13.6 Å². The number of aromatic nitrogens is 1. The van der Waals surface area contributed by atoms with Gasteiger partial charge in [0.2, 0.25) is 0 Å². The molecule has 1 aliphatic heterocycles. The minimum absolute atomic E-state index is 0.0290. The highest BCUT2D eigenvalue weighted by atomic mass is 35.5. The predicted molar refractivity (Wildman–Crippen MR) is 184 cm³/mol. The molecule has 0 N–H and O–H groups in total. The average Bonchev–Trinajstić information content (AvgIpc) is 3.03. The van der Waals surface area contributed by atoms with Crippen LogP contribution in [0.15, 0.2) is 70.1 Å². The number of benzene rings is 2. The second-order valence-corrected chi connectivity index (χ2v) is 16.1. The molecule has 1 amide bonds. The van der Waals surface area contributed by atoms with E-state index in [1.807, 2.05) is 0 Å². The summed E-state index contributed by atoms with van der Waals surface area (Å²) in [7, 11) is -0.633. The number of nitrogens with zero attached hydrogens (tertiary/aromatic N) is 4. The number of hydrogen-bond acceptors (Lipinski definition) is 9. The van der Waals surface area contributed by atoms with E-state index in [1.165, 1.54) is 68.9 Å². The van der Waals surface area contributed by atoms with Crippen LogP contribution in [0.5, 0.6) is 0 Å². The zero-order chi connectivity index (χ0) is 36.2. The second-order valence-electron chi connectivity index (χ2n) is 12.9. The van der Waals surface area contributed by atoms with Gasteiger partial charge in [-0.2, -0.15) is 0 Å². The molecule has 2 aromatic carbocycles. The first-order valence-electron chi connectivity index (χ1n) is 15.5. The van der Waals surface area contributed by atoms with Gasteiger partial charge in [0.15, 0.2) is 5.78 Å². The maximum atomic E-state index is 15.9. The van der Waals surface area contributed by atoms with Crippen LogP contribution in [0.25, 0.3) is 0 Å². The summed E-state index contributed by atoms with van der Waals surface area (Å²) in [6, 6.07) is 12.6. The number of amidine groups is 1. The fourth-order valence-corrected chi connectivity index (χ4v) is 8.37. The lowest BCUT2D eigenvalue weighted by molar-refractivity contribution is -0.00319. The van der Waals surface area contributed by atoms with Crippen LogP contribution in [-0.2, 0) is 40.6 Å². The molecule has 0 bridgehead atoms. The number of methoxy groups -OCH3 is 1. The Balaban J connectivity index is 1.95. The first kappa shape index (κ1) is 38.0. The van der Waals surface area contributed by atoms with Crippen LogP contribution < -0.4 is 0 Å². The first-order chi connectivity index (χ1) is 23.0. The number of ketones is 1. The molecular weight excluding hydrogens is 678 g/mol. The van der Waals surface area contributed by atoms with Gasteiger partial charge in [-0.1, -0.05) is 29.8 Å². The van der Waals surface area contributed by atoms with Crippen LogP contribution in [0.2, 0.25) is 5.02 Å². The lowest BCUT2D eigenvalue weighted by atomic mass is 9.89. The van der Waals surface area contributed by atoms with Crippen molar-refractivity contribution in [1.82, 2.24) is 9.88 Å². The van der Waals surface area contributed by atoms with Crippen LogP contribution in [-0.4, -0.2) is 77.3 Å². The Morgan fingerprint density at radius 3 is 2.35 bits per heavy atom. The van der Waals surface area contributed by atoms with Gasteiger partial charge in [-0.05, 0) is 82.1 Å². The summed E-state index contributed by atoms with van der Waals surface area (Å²) in [5, 5.41) is 0.376. The third-order valence-corrected chi connectivity index (χ3v) is 11.6. The van der Waals surface area contributed by atoms with Crippen molar-refractivity contribution in [1.29, 1.82) is 0 Å². The SMILES string of the molecule is CN=S1(=O)C[C@@](C)(c2cc(CC(=O)c3ccc(Cl)cn3)ccc2F)N=C(N(COCCOC)C(=O)OC(C)(C)C)[C@@]1(C)c1ccc(F)cc1. The van der Waals surface area contributed by atoms with Crippen molar-refractivity contribution in [3.05, 3.63) is 99.8 Å². The predicted octanol–water partition coefficient (Wildman–Crippen LogP) is 6.94. The van der Waals surface area contributed by atoms with Gasteiger partial charge in [-0.25, -0.2) is 27.0 Å². The summed E-state index contributed by atoms with van der Waals surface area (Å²) < 4.78 is 64.8. The lowest BCUT2D eigenvalue weighted by Crippen LogP contribution is -2.59. The number of amides is 1. The quantitative estimate of drug-likeness (QED) is 0.127. The van der Waals surface area contributed by atoms with Crippen molar-refractivity contribution >= 4 is 39.0 Å². The number of carbonyl (C=O) groups excluding carboxylic acids is 2. The van der Waals surface area contributed by atoms with Crippen molar-refractivity contribution in [2.24, 2.45) is 9.36 Å². The van der Waals surface area contributed by atoms with Crippen molar-refractivity contribution < 1.29 is 36.8 Å². The Morgan fingerprint density at radius 1 is 1.06 bits per heavy atom. The molecule has 0 aliphatic carbocycles. The minimum atomic E-state index is -3.51. The molecule has 4 rings (SSSR count). The normalized spacial score (nSPS) is 22.3. The monoisotopic (exact) mass is 718 g/mol. The number of aliphatic imine (C=N–C) groups is 1. The Kier molecular flexibility index (Phi) is 11.6. The smallest absolute Gasteiger partial charge is 0.417 e. The summed E-state index contributed by atoms with van der Waals surface area (Å²) in [5.74, 6) is -1.89. The number of ether oxygens (including phenoxy) is 3. The summed E-state index contributed by atoms with van der Waals surface area (Å²) in [6.07, 6.45) is 0.379. The summed E-state index contributed by atoms with van der Waals surface area (Å²) in [6.45, 7) is 8.16. The van der Waals surface area contributed by atoms with Gasteiger partial charge in [-0.15, -0.1) is 0 Å². The fraction of sp³-hybridized carbons (Fsp3) is 0.429. The third kappa shape index (κ3) is 8.34. The molecule has 49 heavy (non-hydrogen) atoms. The van der Waals surface area contributed by atoms with Crippen LogP contribution in [0.3, 0.4) is 0 Å². The highest BCUT2D eigenvalue weighted by Gasteiger charge is 2.55. The van der Waals surface area contributed by atoms with Gasteiger partial charge < -0.3 is 14.2 Å². The van der Waals surface area contributed by atoms with Crippen molar-refractivity contribution in [3.8, 4) is 0 Å². The zero-order valence-electron chi connectivity index (χ0n) is 28.6. The number of carbonyl (C=O) groups is 2. The molecule has 0 spiro atoms. The molecule has 1 aromatic heterocycles. The molecule has 0 fully saturated rings. The Hall–Kier alpha value is -3.78. The summed E-state index contributed by atoms with van der Waals surface area (Å²) in [5.41, 5.74) is -1.51. The second kappa shape index (κ2) is 15.0. The highest BCUT2D eigenvalue weighted by molar-refractivity contribution is 7.95. The third-order valence-electron chi connectivity index (χ3n) is 8.09. The molecule has 10 nitrogen and oxygen atoms in total. The molecule has 0 radical (unpaired) electrons. The number of halogens is 3. The van der Waals surface area contributed by atoms with Gasteiger partial charge in [0.1, 0.15) is 45.8 Å². The Morgan fingerprint density at radius 2 is 1.76 bits per heavy atom. The van der Waals surface area contributed by atoms with E-state index in [9.17, 15) is 14.0 Å². The maximum Gasteiger partial charge on any atom is 0.417 e. The largest absolute Gasteiger partial charge is 0.443 e. The molecule has 1 unspecified atom stereocenters. The van der Waals surface area contributed by atoms with Crippen molar-refractivity contribution in [2.45, 2.75) is 56.9 Å². The summed E-state index contributed by atoms with van der Waals surface area (Å²) in [4.78, 5) is 37.2. The molecule has 3 aromatic rings. The average molecular weight is 719 g/mol. The van der Waals surface area contributed by atoms with Gasteiger partial charge >= 0.3 is 6.09 Å². The van der Waals surface area contributed by atoms with E-state index in [4.69, 9.17) is 30.8 Å². The number of Topliss-reactive ketones (excluding diaryl/α,β-unsaturated/α-hetero) is 1. The summed E-state index contributed by atoms with van der Waals surface area (Å²) >= 11 is 5.92. The highest BCUT2D eigenvalue weighted by Crippen LogP contribution is 2.46. The molecule has 0 saturated carbocycles. The molecule has 3 atom stereocenters. The van der Waals surface area contributed by atoms with Gasteiger partial charge in [0.25, 0.3) is 0 Å². The molecular formula is C35H41ClF2N4O6S. The standard InChI is InChI=1S/C35H41ClF2N4O6S/c1-33(2,3)48-32(44)42(22-47-17-16-46-7)31-35(5,24-9-12-26(37)13-10-24)49(45,39-6)21-34(4,41-31)27-18-23(8-14-28(27)38)19-30(43)29-15-11-25(36)20-40-29/h8-15,18,20H,16-17,19,21-22H2,1-7H3/t34-,35+,49?/m0/s1. The van der Waals surface area contributed by atoms with Crippen molar-refractivity contribution in [2.75, 3.05) is 39.9 Å². The maximum absolute atomic E-state index is 15.9. The number of rotatable bonds is 10. The van der Waals surface area contributed by atoms with E-state index in [0.717, 1.165) is 4.90 Å². The van der Waals surface area contributed by atoms with E-state index in [2.05, 4.69) is 9.35 Å². The fourth-order valence-electron chi connectivity index (χ4n) is 5.55. The van der Waals surface area contributed by atoms with E-state index < -0.39 is 50.1 Å². The topological polar surface area (TPSA) is 120 Å². The number of pyridine rings is 1. The van der Waals surface area contributed by atoms with E-state index in [-0.39, 0.29) is 48.3 Å². The Bertz CT molecular complexity index is 1840. The van der Waals surface area contributed by atoms with Crippen molar-refractivity contribution in [3.63, 3.8) is 0 Å². The van der Waals surface area contributed by atoms with Gasteiger partial charge in [-0.3, -0.25) is 14.8 Å². The number of hydrogen-bond donors (Lipinski definition) is 0. The van der Waals surface area contributed by atoms with E-state index in [0.29, 0.717) is 16.1 Å². The zero-order valence-corrected chi connectivity index (χ0v) is 30.2. The van der Waals surface area contributed by atoms with E-state index >= 15 is 8.60 Å². The molecule has 14 heteroatoms. The molecule has 1 aliphatic rings. The Labute approximate surface area is 291 Å².